The van der Waals surface area contributed by atoms with Crippen LogP contribution in [0.25, 0.3) is 0 Å². The lowest BCUT2D eigenvalue weighted by molar-refractivity contribution is -0.148. The summed E-state index contributed by atoms with van der Waals surface area (Å²) in [7, 11) is 3.03. The quantitative estimate of drug-likeness (QED) is 0.172. The third-order valence-electron chi connectivity index (χ3n) is 7.05. The molecule has 3 unspecified atom stereocenters. The highest BCUT2D eigenvalue weighted by atomic mass is 79.9. The Morgan fingerprint density at radius 3 is 2.47 bits per heavy atom. The number of primary amides is 1. The lowest BCUT2D eigenvalue weighted by atomic mass is 9.58. The molecule has 1 aromatic carbocycles. The van der Waals surface area contributed by atoms with Crippen molar-refractivity contribution in [3.8, 4) is 5.75 Å². The standard InChI is InChI=1S/C23H23BrFN3O8/c1-28(2)16-9-4-7-3-8-5-10(25)15(27-11(29)6-24)18(31)12(8)17(30)13(7)20(33)23(9,36)21(34)14(19(16)32)22(26)35/h5,7,9,16,31-33,36H,3-4,6H2,1-2H3,(H2,26,35)(H,27,29)/t7?,9?,16-,23?/m0/s1. The molecule has 0 aliphatic heterocycles. The average molecular weight is 568 g/mol. The molecule has 4 atom stereocenters. The number of allylic oxidation sites excluding steroid dienone is 1. The molecule has 13 heteroatoms. The number of halogens is 2. The van der Waals surface area contributed by atoms with Gasteiger partial charge in [0.2, 0.25) is 11.7 Å². The fourth-order valence-corrected chi connectivity index (χ4v) is 5.70. The summed E-state index contributed by atoms with van der Waals surface area (Å²) in [4.78, 5) is 51.9. The Morgan fingerprint density at radius 2 is 1.92 bits per heavy atom. The van der Waals surface area contributed by atoms with Gasteiger partial charge < -0.3 is 31.5 Å². The van der Waals surface area contributed by atoms with E-state index in [1.165, 1.54) is 19.0 Å². The molecule has 0 radical (unpaired) electrons. The first-order valence-corrected chi connectivity index (χ1v) is 11.9. The summed E-state index contributed by atoms with van der Waals surface area (Å²) < 4.78 is 14.7. The maximum absolute atomic E-state index is 14.7. The summed E-state index contributed by atoms with van der Waals surface area (Å²) in [5, 5.41) is 46.0. The SMILES string of the molecule is CN(C)[C@@H]1C(O)=C(C(N)=O)C(=O)C2(O)C(O)=C3C(=O)c4c(cc(F)c(NC(=O)CBr)c4O)CC3CC12. The van der Waals surface area contributed by atoms with E-state index in [1.54, 1.807) is 0 Å². The molecule has 36 heavy (non-hydrogen) atoms. The lowest BCUT2D eigenvalue weighted by Gasteiger charge is -2.50. The molecule has 4 rings (SSSR count). The number of benzene rings is 1. The number of alkyl halides is 1. The van der Waals surface area contributed by atoms with E-state index < -0.39 is 92.3 Å². The van der Waals surface area contributed by atoms with Gasteiger partial charge in [-0.25, -0.2) is 4.39 Å². The highest BCUT2D eigenvalue weighted by Crippen LogP contribution is 2.52. The van der Waals surface area contributed by atoms with Gasteiger partial charge in [0.15, 0.2) is 23.0 Å². The summed E-state index contributed by atoms with van der Waals surface area (Å²) >= 11 is 2.90. The topological polar surface area (TPSA) is 190 Å². The number of phenols is 1. The summed E-state index contributed by atoms with van der Waals surface area (Å²) in [5.41, 5.74) is 0.283. The van der Waals surface area contributed by atoms with Crippen molar-refractivity contribution in [2.24, 2.45) is 17.6 Å². The fraction of sp³-hybridized carbons (Fsp3) is 0.391. The van der Waals surface area contributed by atoms with Crippen molar-refractivity contribution in [1.29, 1.82) is 0 Å². The molecule has 3 aliphatic rings. The van der Waals surface area contributed by atoms with E-state index in [2.05, 4.69) is 21.2 Å². The third-order valence-corrected chi connectivity index (χ3v) is 7.56. The van der Waals surface area contributed by atoms with Crippen LogP contribution >= 0.6 is 15.9 Å². The Bertz CT molecular complexity index is 1310. The number of aliphatic hydroxyl groups is 3. The molecule has 3 aliphatic carbocycles. The van der Waals surface area contributed by atoms with E-state index in [9.17, 15) is 44.0 Å². The second kappa shape index (κ2) is 8.68. The number of ketones is 2. The molecule has 0 saturated carbocycles. The van der Waals surface area contributed by atoms with E-state index >= 15 is 0 Å². The van der Waals surface area contributed by atoms with Crippen LogP contribution in [0.4, 0.5) is 10.1 Å². The third kappa shape index (κ3) is 3.44. The Morgan fingerprint density at radius 1 is 1.28 bits per heavy atom. The number of carbonyl (C=O) groups excluding carboxylic acids is 4. The number of phenolic OH excluding ortho intramolecular Hbond substituents is 1. The van der Waals surface area contributed by atoms with Crippen molar-refractivity contribution < 1.29 is 44.0 Å². The molecular formula is C23H23BrFN3O8. The average Bonchev–Trinajstić information content (AvgIpc) is 2.78. The summed E-state index contributed by atoms with van der Waals surface area (Å²) in [6, 6.07) is -0.133. The summed E-state index contributed by atoms with van der Waals surface area (Å²) in [5.74, 6) is -9.92. The predicted octanol–water partition coefficient (Wildman–Crippen LogP) is 0.593. The van der Waals surface area contributed by atoms with Crippen molar-refractivity contribution in [3.63, 3.8) is 0 Å². The zero-order valence-corrected chi connectivity index (χ0v) is 20.7. The summed E-state index contributed by atoms with van der Waals surface area (Å²) in [6.45, 7) is 0. The van der Waals surface area contributed by atoms with Gasteiger partial charge in [-0.1, -0.05) is 15.9 Å². The van der Waals surface area contributed by atoms with Gasteiger partial charge in [0.05, 0.1) is 16.9 Å². The van der Waals surface area contributed by atoms with Crippen molar-refractivity contribution >= 4 is 45.0 Å². The number of rotatable bonds is 4. The van der Waals surface area contributed by atoms with Gasteiger partial charge in [-0.05, 0) is 44.5 Å². The van der Waals surface area contributed by atoms with E-state index in [0.717, 1.165) is 6.07 Å². The van der Waals surface area contributed by atoms with Crippen molar-refractivity contribution in [1.82, 2.24) is 4.90 Å². The first-order valence-electron chi connectivity index (χ1n) is 10.8. The van der Waals surface area contributed by atoms with Gasteiger partial charge in [-0.2, -0.15) is 0 Å². The molecule has 0 aromatic heterocycles. The smallest absolute Gasteiger partial charge is 0.255 e. The Hall–Kier alpha value is -3.29. The van der Waals surface area contributed by atoms with Crippen LogP contribution in [0.5, 0.6) is 5.75 Å². The minimum atomic E-state index is -2.77. The number of nitrogens with two attached hydrogens (primary N) is 1. The second-order valence-corrected chi connectivity index (χ2v) is 9.82. The predicted molar refractivity (Wildman–Crippen MR) is 126 cm³/mol. The first kappa shape index (κ1) is 25.8. The number of hydrogen-bond donors (Lipinski definition) is 6. The van der Waals surface area contributed by atoms with E-state index in [-0.39, 0.29) is 23.7 Å². The Labute approximate surface area is 212 Å². The van der Waals surface area contributed by atoms with Crippen LogP contribution in [0.15, 0.2) is 28.7 Å². The minimum Gasteiger partial charge on any atom is -0.510 e. The molecular weight excluding hydrogens is 545 g/mol. The number of nitrogens with zero attached hydrogens (tertiary/aromatic N) is 1. The second-order valence-electron chi connectivity index (χ2n) is 9.26. The molecule has 7 N–H and O–H groups in total. The lowest BCUT2D eigenvalue weighted by Crippen LogP contribution is -2.63. The van der Waals surface area contributed by atoms with Crippen LogP contribution in [-0.2, 0) is 20.8 Å². The van der Waals surface area contributed by atoms with Crippen molar-refractivity contribution in [2.45, 2.75) is 24.5 Å². The van der Waals surface area contributed by atoms with Gasteiger partial charge in [0, 0.05) is 11.5 Å². The number of Topliss-reactive ketones (excluding diaryl/α,β-unsaturated/α-hetero) is 2. The maximum atomic E-state index is 14.7. The van der Waals surface area contributed by atoms with Gasteiger partial charge in [-0.15, -0.1) is 0 Å². The normalized spacial score (nSPS) is 27.6. The number of aromatic hydroxyl groups is 1. The van der Waals surface area contributed by atoms with Crippen molar-refractivity contribution in [2.75, 3.05) is 24.7 Å². The van der Waals surface area contributed by atoms with Crippen LogP contribution < -0.4 is 11.1 Å². The molecule has 0 bridgehead atoms. The number of hydrogen-bond acceptors (Lipinski definition) is 9. The molecule has 0 spiro atoms. The number of amides is 2. The van der Waals surface area contributed by atoms with Crippen LogP contribution in [0.2, 0.25) is 0 Å². The summed E-state index contributed by atoms with van der Waals surface area (Å²) in [6.07, 6.45) is -0.179. The van der Waals surface area contributed by atoms with E-state index in [4.69, 9.17) is 5.73 Å². The molecule has 1 aromatic rings. The number of fused-ring (bicyclic) bond motifs is 3. The van der Waals surface area contributed by atoms with Crippen LogP contribution in [0.1, 0.15) is 22.3 Å². The molecule has 192 valence electrons. The fourth-order valence-electron chi connectivity index (χ4n) is 5.56. The molecule has 2 amide bonds. The highest BCUT2D eigenvalue weighted by molar-refractivity contribution is 9.09. The Kier molecular flexibility index (Phi) is 6.22. The first-order chi connectivity index (χ1) is 16.8. The number of anilines is 1. The zero-order chi connectivity index (χ0) is 26.9. The van der Waals surface area contributed by atoms with Gasteiger partial charge >= 0.3 is 0 Å². The van der Waals surface area contributed by atoms with Crippen LogP contribution in [0, 0.1) is 17.7 Å². The van der Waals surface area contributed by atoms with Crippen molar-refractivity contribution in [3.05, 3.63) is 45.7 Å². The number of likely N-dealkylation sites (N-methyl/N-ethyl adjacent to an activating group) is 1. The van der Waals surface area contributed by atoms with E-state index in [0.29, 0.717) is 0 Å². The zero-order valence-electron chi connectivity index (χ0n) is 19.1. The van der Waals surface area contributed by atoms with Crippen LogP contribution in [0.3, 0.4) is 0 Å². The Balaban J connectivity index is 1.93. The molecule has 0 saturated heterocycles. The molecule has 0 fully saturated rings. The number of nitrogens with one attached hydrogen (secondary N) is 1. The van der Waals surface area contributed by atoms with Gasteiger partial charge in [0.25, 0.3) is 5.91 Å². The monoisotopic (exact) mass is 567 g/mol. The largest absolute Gasteiger partial charge is 0.510 e. The maximum Gasteiger partial charge on any atom is 0.255 e. The molecule has 11 nitrogen and oxygen atoms in total. The van der Waals surface area contributed by atoms with E-state index in [1.807, 2.05) is 0 Å². The number of aliphatic hydroxyl groups excluding tert-OH is 2. The highest BCUT2D eigenvalue weighted by Gasteiger charge is 2.63. The minimum absolute atomic E-state index is 0.0638. The van der Waals surface area contributed by atoms with Crippen LogP contribution in [-0.4, -0.2) is 79.8 Å². The molecule has 0 heterocycles. The van der Waals surface area contributed by atoms with Gasteiger partial charge in [-0.3, -0.25) is 24.1 Å². The van der Waals surface area contributed by atoms with Gasteiger partial charge in [0.1, 0.15) is 22.8 Å². The number of carbonyl (C=O) groups is 4.